The van der Waals surface area contributed by atoms with Gasteiger partial charge in [-0.1, -0.05) is 5.92 Å². The van der Waals surface area contributed by atoms with Crippen molar-refractivity contribution in [2.75, 3.05) is 5.32 Å². The number of H-pyrrole nitrogens is 1. The lowest BCUT2D eigenvalue weighted by Gasteiger charge is -2.26. The summed E-state index contributed by atoms with van der Waals surface area (Å²) in [6.07, 6.45) is 6.40. The maximum Gasteiger partial charge on any atom is 0.223 e. The smallest absolute Gasteiger partial charge is 0.223 e. The molecule has 0 spiro atoms. The molecule has 0 radical (unpaired) electrons. The van der Waals surface area contributed by atoms with Crippen molar-refractivity contribution in [3.63, 3.8) is 0 Å². The maximum atomic E-state index is 13.7. The summed E-state index contributed by atoms with van der Waals surface area (Å²) in [5.41, 5.74) is 2.32. The van der Waals surface area contributed by atoms with Crippen LogP contribution in [0.15, 0.2) is 42.7 Å². The second kappa shape index (κ2) is 8.69. The number of aliphatic hydroxyl groups is 1. The lowest BCUT2D eigenvalue weighted by atomic mass is 9.93. The van der Waals surface area contributed by atoms with E-state index in [2.05, 4.69) is 47.3 Å². The second-order valence-electron chi connectivity index (χ2n) is 7.70. The van der Waals surface area contributed by atoms with Gasteiger partial charge in [0.05, 0.1) is 17.0 Å². The summed E-state index contributed by atoms with van der Waals surface area (Å²) in [7, 11) is 0. The molecule has 1 fully saturated rings. The minimum Gasteiger partial charge on any atom is -0.393 e. The van der Waals surface area contributed by atoms with Crippen LogP contribution in [0.1, 0.15) is 36.9 Å². The number of aromatic nitrogens is 6. The Balaban J connectivity index is 1.35. The van der Waals surface area contributed by atoms with Crippen LogP contribution >= 0.6 is 0 Å². The van der Waals surface area contributed by atoms with E-state index in [9.17, 15) is 9.50 Å². The average molecular weight is 429 g/mol. The summed E-state index contributed by atoms with van der Waals surface area (Å²) in [6.45, 7) is 0. The second-order valence-corrected chi connectivity index (χ2v) is 7.70. The Labute approximate surface area is 183 Å². The number of anilines is 1. The number of aliphatic hydroxyl groups excluding tert-OH is 1. The fourth-order valence-corrected chi connectivity index (χ4v) is 3.70. The number of halogens is 1. The number of aromatic amines is 1. The van der Waals surface area contributed by atoms with Gasteiger partial charge in [-0.3, -0.25) is 5.10 Å². The summed E-state index contributed by atoms with van der Waals surface area (Å²) in [4.78, 5) is 17.7. The van der Waals surface area contributed by atoms with Gasteiger partial charge in [0.25, 0.3) is 0 Å². The Kier molecular flexibility index (Phi) is 5.44. The van der Waals surface area contributed by atoms with E-state index in [1.807, 2.05) is 0 Å². The van der Waals surface area contributed by atoms with Gasteiger partial charge in [-0.25, -0.2) is 19.9 Å². The summed E-state index contributed by atoms with van der Waals surface area (Å²) in [5, 5.41) is 19.6. The van der Waals surface area contributed by atoms with Crippen molar-refractivity contribution in [3.05, 3.63) is 59.9 Å². The molecule has 0 unspecified atom stereocenters. The molecule has 9 heteroatoms. The lowest BCUT2D eigenvalue weighted by molar-refractivity contribution is 0.126. The van der Waals surface area contributed by atoms with Crippen molar-refractivity contribution in [1.29, 1.82) is 0 Å². The minimum absolute atomic E-state index is 0.210. The first kappa shape index (κ1) is 20.0. The van der Waals surface area contributed by atoms with Crippen LogP contribution in [0.25, 0.3) is 22.4 Å². The highest BCUT2D eigenvalue weighted by molar-refractivity contribution is 5.80. The van der Waals surface area contributed by atoms with Crippen LogP contribution in [0.2, 0.25) is 0 Å². The normalized spacial score (nSPS) is 18.2. The van der Waals surface area contributed by atoms with Crippen LogP contribution < -0.4 is 5.32 Å². The van der Waals surface area contributed by atoms with Gasteiger partial charge in [-0.05, 0) is 61.9 Å². The first-order valence-corrected chi connectivity index (χ1v) is 10.4. The zero-order chi connectivity index (χ0) is 21.9. The molecule has 0 aliphatic heterocycles. The van der Waals surface area contributed by atoms with Gasteiger partial charge < -0.3 is 10.4 Å². The van der Waals surface area contributed by atoms with Crippen LogP contribution in [0.5, 0.6) is 0 Å². The summed E-state index contributed by atoms with van der Waals surface area (Å²) in [5.74, 6) is 6.47. The molecule has 3 heterocycles. The third kappa shape index (κ3) is 4.40. The average Bonchev–Trinajstić information content (AvgIpc) is 3.20. The number of hydrogen-bond acceptors (Lipinski definition) is 7. The lowest BCUT2D eigenvalue weighted by Crippen LogP contribution is -2.28. The summed E-state index contributed by atoms with van der Waals surface area (Å²) in [6, 6.07) is 8.84. The molecule has 0 atom stereocenters. The maximum absolute atomic E-state index is 13.7. The number of rotatable bonds is 3. The van der Waals surface area contributed by atoms with E-state index >= 15 is 0 Å². The van der Waals surface area contributed by atoms with Gasteiger partial charge in [0, 0.05) is 24.0 Å². The van der Waals surface area contributed by atoms with E-state index in [0.717, 1.165) is 25.7 Å². The molecule has 0 saturated heterocycles. The van der Waals surface area contributed by atoms with E-state index < -0.39 is 5.95 Å². The van der Waals surface area contributed by atoms with E-state index in [-0.39, 0.29) is 12.1 Å². The molecule has 5 rings (SSSR count). The monoisotopic (exact) mass is 429 g/mol. The molecule has 0 bridgehead atoms. The van der Waals surface area contributed by atoms with Gasteiger partial charge in [-0.15, -0.1) is 0 Å². The molecule has 1 aromatic carbocycles. The molecule has 160 valence electrons. The highest BCUT2D eigenvalue weighted by atomic mass is 19.1. The first-order valence-electron chi connectivity index (χ1n) is 10.4. The van der Waals surface area contributed by atoms with E-state index in [1.54, 1.807) is 42.7 Å². The first-order chi connectivity index (χ1) is 15.6. The quantitative estimate of drug-likeness (QED) is 0.429. The van der Waals surface area contributed by atoms with Crippen LogP contribution in [0, 0.1) is 17.8 Å². The molecule has 32 heavy (non-hydrogen) atoms. The van der Waals surface area contributed by atoms with Gasteiger partial charge >= 0.3 is 0 Å². The Morgan fingerprint density at radius 3 is 2.72 bits per heavy atom. The third-order valence-electron chi connectivity index (χ3n) is 5.41. The van der Waals surface area contributed by atoms with Crippen LogP contribution in [-0.4, -0.2) is 47.4 Å². The van der Waals surface area contributed by atoms with Crippen molar-refractivity contribution in [2.45, 2.75) is 37.8 Å². The van der Waals surface area contributed by atoms with E-state index in [4.69, 9.17) is 0 Å². The van der Waals surface area contributed by atoms with Crippen molar-refractivity contribution < 1.29 is 9.50 Å². The molecule has 1 aliphatic carbocycles. The predicted octanol–water partition coefficient (Wildman–Crippen LogP) is 3.06. The van der Waals surface area contributed by atoms with Crippen molar-refractivity contribution >= 4 is 16.9 Å². The molecular weight excluding hydrogens is 409 g/mol. The number of nitrogens with zero attached hydrogens (tertiary/aromatic N) is 5. The van der Waals surface area contributed by atoms with Gasteiger partial charge in [0.2, 0.25) is 11.9 Å². The van der Waals surface area contributed by atoms with E-state index in [0.29, 0.717) is 39.6 Å². The Morgan fingerprint density at radius 2 is 1.84 bits per heavy atom. The zero-order valence-electron chi connectivity index (χ0n) is 17.1. The molecule has 1 aliphatic rings. The predicted molar refractivity (Wildman–Crippen MR) is 117 cm³/mol. The molecule has 3 N–H and O–H groups in total. The SMILES string of the molecule is OC1CCC(Nc2nccc(-c3nccc(C#Cc4ccc5n[nH]c(F)c5c4)n3)n2)CC1. The number of nitrogens with one attached hydrogen (secondary N) is 2. The molecule has 8 nitrogen and oxygen atoms in total. The molecule has 4 aromatic rings. The minimum atomic E-state index is -0.481. The number of hydrogen-bond donors (Lipinski definition) is 3. The molecule has 0 amide bonds. The Bertz CT molecular complexity index is 1320. The third-order valence-corrected chi connectivity index (χ3v) is 5.41. The fraction of sp³-hybridized carbons (Fsp3) is 0.261. The van der Waals surface area contributed by atoms with Crippen LogP contribution in [-0.2, 0) is 0 Å². The Hall–Kier alpha value is -3.90. The van der Waals surface area contributed by atoms with Crippen LogP contribution in [0.3, 0.4) is 0 Å². The highest BCUT2D eigenvalue weighted by Gasteiger charge is 2.20. The van der Waals surface area contributed by atoms with Crippen molar-refractivity contribution in [2.24, 2.45) is 0 Å². The molecular formula is C23H20FN7O. The highest BCUT2D eigenvalue weighted by Crippen LogP contribution is 2.22. The number of benzene rings is 1. The molecule has 3 aromatic heterocycles. The van der Waals surface area contributed by atoms with E-state index in [1.165, 1.54) is 0 Å². The Morgan fingerprint density at radius 1 is 1.00 bits per heavy atom. The van der Waals surface area contributed by atoms with Gasteiger partial charge in [-0.2, -0.15) is 9.49 Å². The standard InChI is InChI=1S/C23H20FN7O/c24-21-18-13-14(2-8-19(18)30-31-21)1-3-16-9-11-25-22(27-16)20-10-12-26-23(29-20)28-15-4-6-17(32)7-5-15/h2,8-13,15,17,32H,4-7H2,(H,30,31)(H,26,28,29). The number of fused-ring (bicyclic) bond motifs is 1. The van der Waals surface area contributed by atoms with Crippen LogP contribution in [0.4, 0.5) is 10.3 Å². The topological polar surface area (TPSA) is 112 Å². The van der Waals surface area contributed by atoms with Gasteiger partial charge in [0.1, 0.15) is 11.4 Å². The largest absolute Gasteiger partial charge is 0.393 e. The molecule has 1 saturated carbocycles. The van der Waals surface area contributed by atoms with Gasteiger partial charge in [0.15, 0.2) is 5.82 Å². The van der Waals surface area contributed by atoms with Crippen molar-refractivity contribution in [3.8, 4) is 23.4 Å². The summed E-state index contributed by atoms with van der Waals surface area (Å²) < 4.78 is 13.7. The zero-order valence-corrected chi connectivity index (χ0v) is 17.1. The summed E-state index contributed by atoms with van der Waals surface area (Å²) >= 11 is 0. The van der Waals surface area contributed by atoms with Crippen molar-refractivity contribution in [1.82, 2.24) is 30.1 Å². The fourth-order valence-electron chi connectivity index (χ4n) is 3.70.